The predicted molar refractivity (Wildman–Crippen MR) is 199 cm³/mol. The molecule has 45 heavy (non-hydrogen) atoms. The lowest BCUT2D eigenvalue weighted by Gasteiger charge is -2.33. The molecule has 1 fully saturated rings. The molecule has 0 bridgehead atoms. The number of benzene rings is 4. The molecule has 1 saturated heterocycles. The molecule has 1 heterocycles. The van der Waals surface area contributed by atoms with Crippen LogP contribution in [0.25, 0.3) is 0 Å². The molecule has 0 unspecified atom stereocenters. The average Bonchev–Trinajstić information content (AvgIpc) is 3.37. The second-order valence-electron chi connectivity index (χ2n) is 17.1. The van der Waals surface area contributed by atoms with Gasteiger partial charge in [-0.3, -0.25) is 0 Å². The smallest absolute Gasteiger partial charge is 0.0840 e. The van der Waals surface area contributed by atoms with E-state index in [0.717, 1.165) is 0 Å². The molecule has 2 nitrogen and oxygen atoms in total. The summed E-state index contributed by atoms with van der Waals surface area (Å²) < 4.78 is 5.41. The number of rotatable bonds is 4. The van der Waals surface area contributed by atoms with E-state index < -0.39 is 0 Å². The number of hydrogen-bond donors (Lipinski definition) is 0. The molecule has 2 atom stereocenters. The van der Waals surface area contributed by atoms with Crippen molar-refractivity contribution in [3.05, 3.63) is 130 Å². The lowest BCUT2D eigenvalue weighted by molar-refractivity contribution is 0.564. The third-order valence-corrected chi connectivity index (χ3v) is 10.7. The zero-order valence-electron chi connectivity index (χ0n) is 29.8. The topological polar surface area (TPSA) is 6.48 Å². The Morgan fingerprint density at radius 2 is 0.667 bits per heavy atom. The summed E-state index contributed by atoms with van der Waals surface area (Å²) in [4.78, 5) is 0. The van der Waals surface area contributed by atoms with Crippen molar-refractivity contribution in [2.75, 3.05) is 9.34 Å². The number of hydrogen-bond acceptors (Lipinski definition) is 2. The van der Waals surface area contributed by atoms with Gasteiger partial charge in [0, 0.05) is 11.4 Å². The molecule has 0 N–H and O–H groups in total. The van der Waals surface area contributed by atoms with Crippen molar-refractivity contribution in [1.82, 2.24) is 0 Å². The Hall–Kier alpha value is -3.09. The molecule has 0 saturated carbocycles. The predicted octanol–water partition coefficient (Wildman–Crippen LogP) is 12.2. The van der Waals surface area contributed by atoms with Crippen molar-refractivity contribution >= 4 is 20.3 Å². The first kappa shape index (κ1) is 33.3. The SMILES string of the molecule is CC(C)(C)c1cc(N2PN(c3cc(C(C)(C)C)cc(C(C)(C)C)c3)[C@H](c3ccccc3)[C@H]2c2ccccc2)cc(C(C)(C)C)c1. The van der Waals surface area contributed by atoms with Crippen molar-refractivity contribution < 1.29 is 0 Å². The summed E-state index contributed by atoms with van der Waals surface area (Å²) >= 11 is 0. The first-order valence-corrected chi connectivity index (χ1v) is 17.5. The van der Waals surface area contributed by atoms with E-state index in [1.54, 1.807) is 0 Å². The van der Waals surface area contributed by atoms with Crippen molar-refractivity contribution in [1.29, 1.82) is 0 Å². The van der Waals surface area contributed by atoms with E-state index in [2.05, 4.69) is 189 Å². The fourth-order valence-corrected chi connectivity index (χ4v) is 7.71. The molecule has 0 aromatic heterocycles. The Labute approximate surface area is 276 Å². The summed E-state index contributed by atoms with van der Waals surface area (Å²) in [6.07, 6.45) is 0. The van der Waals surface area contributed by atoms with E-state index in [9.17, 15) is 0 Å². The fourth-order valence-electron chi connectivity index (χ4n) is 6.16. The highest BCUT2D eigenvalue weighted by Gasteiger charge is 2.43. The Kier molecular flexibility index (Phi) is 8.82. The van der Waals surface area contributed by atoms with Gasteiger partial charge in [0.15, 0.2) is 0 Å². The van der Waals surface area contributed by atoms with Crippen molar-refractivity contribution in [2.24, 2.45) is 0 Å². The zero-order chi connectivity index (χ0) is 32.9. The molecule has 4 aromatic carbocycles. The highest BCUT2D eigenvalue weighted by molar-refractivity contribution is 7.42. The van der Waals surface area contributed by atoms with Crippen LogP contribution in [-0.4, -0.2) is 0 Å². The van der Waals surface area contributed by atoms with Gasteiger partial charge in [0.2, 0.25) is 0 Å². The summed E-state index contributed by atoms with van der Waals surface area (Å²) in [6.45, 7) is 28.1. The van der Waals surface area contributed by atoms with Crippen LogP contribution in [0.5, 0.6) is 0 Å². The average molecular weight is 619 g/mol. The minimum atomic E-state index is 0.0439. The van der Waals surface area contributed by atoms with Crippen LogP contribution in [0.1, 0.15) is 129 Å². The van der Waals surface area contributed by atoms with Crippen molar-refractivity contribution in [2.45, 2.75) is 117 Å². The summed E-state index contributed by atoms with van der Waals surface area (Å²) in [5, 5.41) is 0. The first-order chi connectivity index (χ1) is 20.8. The van der Waals surface area contributed by atoms with Gasteiger partial charge in [0.05, 0.1) is 21.0 Å². The molecule has 4 aromatic rings. The van der Waals surface area contributed by atoms with E-state index in [1.165, 1.54) is 44.8 Å². The van der Waals surface area contributed by atoms with Crippen LogP contribution in [0.15, 0.2) is 97.1 Å². The highest BCUT2D eigenvalue weighted by Crippen LogP contribution is 2.59. The minimum Gasteiger partial charge on any atom is -0.326 e. The van der Waals surface area contributed by atoms with Crippen LogP contribution in [-0.2, 0) is 21.7 Å². The molecule has 0 spiro atoms. The van der Waals surface area contributed by atoms with E-state index in [4.69, 9.17) is 0 Å². The van der Waals surface area contributed by atoms with Crippen molar-refractivity contribution in [3.8, 4) is 0 Å². The van der Waals surface area contributed by atoms with Crippen LogP contribution in [0.3, 0.4) is 0 Å². The van der Waals surface area contributed by atoms with Gasteiger partial charge in [0.1, 0.15) is 0 Å². The van der Waals surface area contributed by atoms with Crippen LogP contribution < -0.4 is 9.34 Å². The van der Waals surface area contributed by atoms with Crippen LogP contribution in [0.2, 0.25) is 0 Å². The molecular weight excluding hydrogens is 563 g/mol. The maximum Gasteiger partial charge on any atom is 0.0840 e. The third-order valence-electron chi connectivity index (χ3n) is 9.21. The van der Waals surface area contributed by atoms with Crippen LogP contribution in [0, 0.1) is 0 Å². The second kappa shape index (κ2) is 11.9. The Balaban J connectivity index is 1.80. The Morgan fingerprint density at radius 1 is 0.400 bits per heavy atom. The molecule has 1 aliphatic heterocycles. The van der Waals surface area contributed by atoms with E-state index in [-0.39, 0.29) is 33.7 Å². The van der Waals surface area contributed by atoms with Gasteiger partial charge in [-0.2, -0.15) is 0 Å². The third kappa shape index (κ3) is 7.18. The summed E-state index contributed by atoms with van der Waals surface area (Å²) in [7, 11) is 0.443. The molecule has 1 aliphatic rings. The van der Waals surface area contributed by atoms with E-state index in [1.807, 2.05) is 0 Å². The van der Waals surface area contributed by atoms with Crippen LogP contribution in [0.4, 0.5) is 11.4 Å². The van der Waals surface area contributed by atoms with Crippen molar-refractivity contribution in [3.63, 3.8) is 0 Å². The monoisotopic (exact) mass is 618 g/mol. The molecule has 0 radical (unpaired) electrons. The van der Waals surface area contributed by atoms with Crippen LogP contribution >= 0.6 is 8.88 Å². The zero-order valence-corrected chi connectivity index (χ0v) is 30.8. The lowest BCUT2D eigenvalue weighted by Crippen LogP contribution is -2.25. The van der Waals surface area contributed by atoms with Gasteiger partial charge in [0.25, 0.3) is 0 Å². The number of anilines is 2. The van der Waals surface area contributed by atoms with Gasteiger partial charge in [-0.05, 0) is 79.3 Å². The minimum absolute atomic E-state index is 0.0439. The Bertz CT molecular complexity index is 1420. The van der Waals surface area contributed by atoms with E-state index in [0.29, 0.717) is 8.88 Å². The summed E-state index contributed by atoms with van der Waals surface area (Å²) in [5.74, 6) is 0. The van der Waals surface area contributed by atoms with Gasteiger partial charge >= 0.3 is 0 Å². The Morgan fingerprint density at radius 3 is 0.911 bits per heavy atom. The van der Waals surface area contributed by atoms with Gasteiger partial charge in [-0.1, -0.05) is 156 Å². The van der Waals surface area contributed by atoms with E-state index >= 15 is 0 Å². The normalized spacial score (nSPS) is 18.0. The molecule has 0 aliphatic carbocycles. The van der Waals surface area contributed by atoms with Gasteiger partial charge in [-0.15, -0.1) is 0 Å². The van der Waals surface area contributed by atoms with Gasteiger partial charge in [-0.25, -0.2) is 0 Å². The largest absolute Gasteiger partial charge is 0.326 e. The second-order valence-corrected chi connectivity index (χ2v) is 18.3. The standard InChI is InChI=1S/C42H55N2P/c1-39(2,3)31-23-32(40(4,5)6)26-35(25-31)43-37(29-19-15-13-16-20-29)38(30-21-17-14-18-22-30)44(45-43)36-27-33(41(7,8)9)24-34(28-36)42(10,11)12/h13-28,37-38,45H,1-12H3/t37-,38-/m1/s1. The molecular formula is C42H55N2P. The maximum absolute atomic E-state index is 2.71. The molecule has 238 valence electrons. The molecule has 0 amide bonds. The quantitative estimate of drug-likeness (QED) is 0.210. The lowest BCUT2D eigenvalue weighted by atomic mass is 9.80. The fraction of sp³-hybridized carbons (Fsp3) is 0.429. The van der Waals surface area contributed by atoms with Gasteiger partial charge < -0.3 is 9.34 Å². The molecule has 3 heteroatoms. The summed E-state index contributed by atoms with van der Waals surface area (Å²) in [5.41, 5.74) is 11.1. The molecule has 5 rings (SSSR count). The first-order valence-electron chi connectivity index (χ1n) is 16.6. The number of nitrogens with zero attached hydrogens (tertiary/aromatic N) is 2. The highest BCUT2D eigenvalue weighted by atomic mass is 31.1. The summed E-state index contributed by atoms with van der Waals surface area (Å²) in [6, 6.07) is 37.4. The maximum atomic E-state index is 2.71.